The number of nitrogens with one attached hydrogen (secondary N) is 2. The first-order valence-electron chi connectivity index (χ1n) is 9.28. The molecule has 148 valence electrons. The molecule has 0 aliphatic carbocycles. The molecule has 1 heterocycles. The predicted octanol–water partition coefficient (Wildman–Crippen LogP) is 3.79. The average Bonchev–Trinajstić information content (AvgIpc) is 2.79. The minimum Gasteiger partial charge on any atom is -0.438 e. The summed E-state index contributed by atoms with van der Waals surface area (Å²) in [6.45, 7) is -0.135. The molecule has 0 radical (unpaired) electrons. The van der Waals surface area contributed by atoms with Crippen LogP contribution >= 0.6 is 0 Å². The zero-order chi connectivity index (χ0) is 20.8. The normalized spacial score (nSPS) is 10.4. The Kier molecular flexibility index (Phi) is 5.61. The van der Waals surface area contributed by atoms with Crippen LogP contribution in [0, 0.1) is 0 Å². The predicted molar refractivity (Wildman–Crippen MR) is 113 cm³/mol. The number of aromatic nitrogens is 2. The number of nitrogens with zero attached hydrogens (tertiary/aromatic N) is 2. The molecule has 0 fully saturated rings. The minimum absolute atomic E-state index is 0.135. The molecule has 30 heavy (non-hydrogen) atoms. The van der Waals surface area contributed by atoms with E-state index in [1.54, 1.807) is 42.6 Å². The summed E-state index contributed by atoms with van der Waals surface area (Å²) in [5.74, 6) is 0.319. The Morgan fingerprint density at radius 2 is 1.70 bits per heavy atom. The number of anilines is 1. The number of amides is 2. The summed E-state index contributed by atoms with van der Waals surface area (Å²) in [5, 5.41) is 7.39. The molecule has 0 aliphatic heterocycles. The lowest BCUT2D eigenvalue weighted by atomic mass is 10.1. The number of hydrogen-bond donors (Lipinski definition) is 2. The molecule has 0 atom stereocenters. The maximum atomic E-state index is 12.3. The second-order valence-electron chi connectivity index (χ2n) is 6.46. The van der Waals surface area contributed by atoms with Gasteiger partial charge in [-0.2, -0.15) is 0 Å². The Labute approximate surface area is 172 Å². The monoisotopic (exact) mass is 398 g/mol. The molecule has 0 saturated heterocycles. The van der Waals surface area contributed by atoms with E-state index in [9.17, 15) is 9.59 Å². The van der Waals surface area contributed by atoms with Crippen LogP contribution in [0.2, 0.25) is 0 Å². The Morgan fingerprint density at radius 3 is 2.47 bits per heavy atom. The second-order valence-corrected chi connectivity index (χ2v) is 6.46. The van der Waals surface area contributed by atoms with Crippen LogP contribution in [0.4, 0.5) is 5.69 Å². The highest BCUT2D eigenvalue weighted by Crippen LogP contribution is 2.20. The van der Waals surface area contributed by atoms with Gasteiger partial charge >= 0.3 is 0 Å². The van der Waals surface area contributed by atoms with Gasteiger partial charge in [-0.3, -0.25) is 14.6 Å². The lowest BCUT2D eigenvalue weighted by Crippen LogP contribution is -2.32. The highest BCUT2D eigenvalue weighted by Gasteiger charge is 2.09. The van der Waals surface area contributed by atoms with Crippen LogP contribution in [-0.2, 0) is 4.79 Å². The molecule has 0 unspecified atom stereocenters. The standard InChI is InChI=1S/C23H18N4O3/c28-21(14-26-23(29)18-6-5-16-3-1-2-4-17(16)13-18)27-19-7-9-20(10-8-19)30-22-15-24-11-12-25-22/h1-13,15H,14H2,(H,26,29)(H,27,28). The van der Waals surface area contributed by atoms with Gasteiger partial charge in [0.1, 0.15) is 5.75 Å². The van der Waals surface area contributed by atoms with Gasteiger partial charge in [0.15, 0.2) is 0 Å². The van der Waals surface area contributed by atoms with E-state index in [1.807, 2.05) is 30.3 Å². The van der Waals surface area contributed by atoms with Crippen molar-refractivity contribution in [3.05, 3.63) is 90.9 Å². The highest BCUT2D eigenvalue weighted by atomic mass is 16.5. The largest absolute Gasteiger partial charge is 0.438 e. The van der Waals surface area contributed by atoms with Crippen molar-refractivity contribution >= 4 is 28.3 Å². The number of carbonyl (C=O) groups is 2. The lowest BCUT2D eigenvalue weighted by Gasteiger charge is -2.09. The summed E-state index contributed by atoms with van der Waals surface area (Å²) in [4.78, 5) is 32.5. The Morgan fingerprint density at radius 1 is 0.900 bits per heavy atom. The molecule has 2 amide bonds. The summed E-state index contributed by atoms with van der Waals surface area (Å²) in [6, 6.07) is 20.0. The number of hydrogen-bond acceptors (Lipinski definition) is 5. The zero-order valence-corrected chi connectivity index (χ0v) is 15.9. The van der Waals surface area contributed by atoms with Crippen LogP contribution < -0.4 is 15.4 Å². The van der Waals surface area contributed by atoms with E-state index in [2.05, 4.69) is 20.6 Å². The quantitative estimate of drug-likeness (QED) is 0.515. The summed E-state index contributed by atoms with van der Waals surface area (Å²) < 4.78 is 5.55. The molecule has 1 aromatic heterocycles. The van der Waals surface area contributed by atoms with Crippen LogP contribution in [0.5, 0.6) is 11.6 Å². The van der Waals surface area contributed by atoms with Crippen molar-refractivity contribution in [2.45, 2.75) is 0 Å². The molecule has 4 aromatic rings. The summed E-state index contributed by atoms with van der Waals surface area (Å²) in [5.41, 5.74) is 1.10. The minimum atomic E-state index is -0.327. The summed E-state index contributed by atoms with van der Waals surface area (Å²) in [6.07, 6.45) is 4.61. The Hall–Kier alpha value is -4.26. The van der Waals surface area contributed by atoms with Crippen LogP contribution in [0.1, 0.15) is 10.4 Å². The fourth-order valence-corrected chi connectivity index (χ4v) is 2.86. The molecule has 4 rings (SSSR count). The molecular formula is C23H18N4O3. The fourth-order valence-electron chi connectivity index (χ4n) is 2.86. The molecule has 0 spiro atoms. The number of fused-ring (bicyclic) bond motifs is 1. The number of rotatable bonds is 6. The van der Waals surface area contributed by atoms with Gasteiger partial charge in [0, 0.05) is 23.6 Å². The van der Waals surface area contributed by atoms with Crippen molar-refractivity contribution in [1.82, 2.24) is 15.3 Å². The molecule has 7 nitrogen and oxygen atoms in total. The zero-order valence-electron chi connectivity index (χ0n) is 15.9. The van der Waals surface area contributed by atoms with Gasteiger partial charge in [-0.1, -0.05) is 30.3 Å². The van der Waals surface area contributed by atoms with Gasteiger partial charge in [0.25, 0.3) is 5.91 Å². The van der Waals surface area contributed by atoms with E-state index in [1.165, 1.54) is 12.4 Å². The molecule has 0 aliphatic rings. The molecule has 7 heteroatoms. The third-order valence-corrected chi connectivity index (χ3v) is 4.32. The van der Waals surface area contributed by atoms with Crippen molar-refractivity contribution in [3.63, 3.8) is 0 Å². The topological polar surface area (TPSA) is 93.2 Å². The van der Waals surface area contributed by atoms with E-state index in [0.717, 1.165) is 10.8 Å². The van der Waals surface area contributed by atoms with Crippen molar-refractivity contribution in [1.29, 1.82) is 0 Å². The fraction of sp³-hybridized carbons (Fsp3) is 0.0435. The Balaban J connectivity index is 1.30. The first-order chi connectivity index (χ1) is 14.7. The smallest absolute Gasteiger partial charge is 0.251 e. The van der Waals surface area contributed by atoms with E-state index in [0.29, 0.717) is 22.9 Å². The third kappa shape index (κ3) is 4.77. The van der Waals surface area contributed by atoms with Gasteiger partial charge in [0.2, 0.25) is 11.8 Å². The first kappa shape index (κ1) is 19.1. The molecule has 0 saturated carbocycles. The average molecular weight is 398 g/mol. The Bertz CT molecular complexity index is 1180. The van der Waals surface area contributed by atoms with E-state index in [4.69, 9.17) is 4.74 Å². The third-order valence-electron chi connectivity index (χ3n) is 4.32. The van der Waals surface area contributed by atoms with Gasteiger partial charge in [-0.05, 0) is 47.2 Å². The van der Waals surface area contributed by atoms with Crippen LogP contribution in [0.3, 0.4) is 0 Å². The van der Waals surface area contributed by atoms with Crippen LogP contribution in [-0.4, -0.2) is 28.3 Å². The molecule has 3 aromatic carbocycles. The summed E-state index contributed by atoms with van der Waals surface area (Å²) in [7, 11) is 0. The maximum Gasteiger partial charge on any atom is 0.251 e. The van der Waals surface area contributed by atoms with Gasteiger partial charge in [-0.25, -0.2) is 4.98 Å². The summed E-state index contributed by atoms with van der Waals surface area (Å²) >= 11 is 0. The van der Waals surface area contributed by atoms with Crippen molar-refractivity contribution in [3.8, 4) is 11.6 Å². The number of carbonyl (C=O) groups excluding carboxylic acids is 2. The van der Waals surface area contributed by atoms with Gasteiger partial charge in [0.05, 0.1) is 12.7 Å². The van der Waals surface area contributed by atoms with Crippen LogP contribution in [0.25, 0.3) is 10.8 Å². The molecular weight excluding hydrogens is 380 g/mol. The van der Waals surface area contributed by atoms with Crippen molar-refractivity contribution < 1.29 is 14.3 Å². The first-order valence-corrected chi connectivity index (χ1v) is 9.28. The lowest BCUT2D eigenvalue weighted by molar-refractivity contribution is -0.115. The van der Waals surface area contributed by atoms with Gasteiger partial charge < -0.3 is 15.4 Å². The molecule has 0 bridgehead atoms. The second kappa shape index (κ2) is 8.83. The van der Waals surface area contributed by atoms with Gasteiger partial charge in [-0.15, -0.1) is 0 Å². The van der Waals surface area contributed by atoms with E-state index >= 15 is 0 Å². The number of ether oxygens (including phenoxy) is 1. The SMILES string of the molecule is O=C(CNC(=O)c1ccc2ccccc2c1)Nc1ccc(Oc2cnccn2)cc1. The number of benzene rings is 3. The maximum absolute atomic E-state index is 12.3. The molecule has 2 N–H and O–H groups in total. The van der Waals surface area contributed by atoms with E-state index in [-0.39, 0.29) is 18.4 Å². The highest BCUT2D eigenvalue weighted by molar-refractivity contribution is 6.01. The van der Waals surface area contributed by atoms with Crippen LogP contribution in [0.15, 0.2) is 85.3 Å². The van der Waals surface area contributed by atoms with Crippen molar-refractivity contribution in [2.24, 2.45) is 0 Å². The van der Waals surface area contributed by atoms with E-state index < -0.39 is 0 Å². The van der Waals surface area contributed by atoms with Crippen molar-refractivity contribution in [2.75, 3.05) is 11.9 Å².